The highest BCUT2D eigenvalue weighted by Crippen LogP contribution is 2.49. The minimum absolute atomic E-state index is 0.0671. The molecule has 0 amide bonds. The number of hydrogen-bond acceptors (Lipinski definition) is 3. The Hall–Kier alpha value is -1.09. The van der Waals surface area contributed by atoms with Gasteiger partial charge >= 0.3 is 5.97 Å². The van der Waals surface area contributed by atoms with E-state index >= 15 is 0 Å². The maximum absolute atomic E-state index is 11.7. The molecule has 2 aliphatic heterocycles. The van der Waals surface area contributed by atoms with Gasteiger partial charge in [-0.15, -0.1) is 0 Å². The van der Waals surface area contributed by atoms with E-state index in [0.29, 0.717) is 5.57 Å². The monoisotopic (exact) mass is 248 g/mol. The lowest BCUT2D eigenvalue weighted by molar-refractivity contribution is -0.140. The number of ether oxygens (including phenoxy) is 2. The normalized spacial score (nSPS) is 46.6. The molecule has 18 heavy (non-hydrogen) atoms. The van der Waals surface area contributed by atoms with Gasteiger partial charge in [0.25, 0.3) is 0 Å². The highest BCUT2D eigenvalue weighted by molar-refractivity contribution is 5.91. The van der Waals surface area contributed by atoms with Crippen LogP contribution in [-0.4, -0.2) is 23.8 Å². The van der Waals surface area contributed by atoms with E-state index in [0.717, 1.165) is 25.7 Å². The van der Waals surface area contributed by atoms with Crippen LogP contribution in [0.5, 0.6) is 0 Å². The zero-order valence-corrected chi connectivity index (χ0v) is 11.1. The molecule has 3 nitrogen and oxygen atoms in total. The van der Waals surface area contributed by atoms with Crippen molar-refractivity contribution in [2.45, 2.75) is 57.3 Å². The number of hydrogen-bond donors (Lipinski definition) is 0. The van der Waals surface area contributed by atoms with Crippen LogP contribution in [-0.2, 0) is 14.3 Å². The first kappa shape index (κ1) is 12.0. The summed E-state index contributed by atoms with van der Waals surface area (Å²) in [5.41, 5.74) is 1.91. The van der Waals surface area contributed by atoms with E-state index in [-0.39, 0.29) is 29.7 Å². The van der Waals surface area contributed by atoms with Crippen molar-refractivity contribution in [2.75, 3.05) is 0 Å². The molecule has 0 bridgehead atoms. The average molecular weight is 248 g/mol. The number of rotatable bonds is 0. The number of fused-ring (bicyclic) bond motifs is 3. The number of carbonyl (C=O) groups is 1. The molecule has 0 aromatic rings. The Morgan fingerprint density at radius 3 is 3.06 bits per heavy atom. The molecule has 0 aromatic carbocycles. The highest BCUT2D eigenvalue weighted by atomic mass is 16.6. The minimum atomic E-state index is -0.233. The summed E-state index contributed by atoms with van der Waals surface area (Å²) in [6.45, 7) is 8.17. The first-order valence-corrected chi connectivity index (χ1v) is 6.74. The van der Waals surface area contributed by atoms with Gasteiger partial charge in [-0.2, -0.15) is 0 Å². The molecule has 98 valence electrons. The van der Waals surface area contributed by atoms with Crippen LogP contribution in [0, 0.1) is 5.92 Å². The summed E-state index contributed by atoms with van der Waals surface area (Å²) in [4.78, 5) is 11.7. The topological polar surface area (TPSA) is 38.8 Å². The van der Waals surface area contributed by atoms with Gasteiger partial charge in [0.1, 0.15) is 12.2 Å². The van der Waals surface area contributed by atoms with Gasteiger partial charge in [0, 0.05) is 11.5 Å². The molecule has 3 heteroatoms. The standard InChI is InChI=1S/C15H20O3/c1-9-5-4-8-15(3)13(18-15)12-11(7-6-9)10(2)14(16)17-12/h5,11-13H,2,4,6-8H2,1,3H3/b9-5-/t11?,12-,13?,15+/m0/s1. The predicted octanol–water partition coefficient (Wildman–Crippen LogP) is 2.76. The number of epoxide rings is 1. The second kappa shape index (κ2) is 3.95. The van der Waals surface area contributed by atoms with Crippen molar-refractivity contribution < 1.29 is 14.3 Å². The second-order valence-electron chi connectivity index (χ2n) is 5.98. The van der Waals surface area contributed by atoms with Gasteiger partial charge < -0.3 is 9.47 Å². The fourth-order valence-electron chi connectivity index (χ4n) is 3.20. The van der Waals surface area contributed by atoms with Gasteiger partial charge in [-0.05, 0) is 39.5 Å². The second-order valence-corrected chi connectivity index (χ2v) is 5.98. The Labute approximate surface area is 108 Å². The SMILES string of the molecule is C=C1C(=O)O[C@H]2C1CC/C(C)=C\CC[C@@]1(C)OC21. The van der Waals surface area contributed by atoms with Gasteiger partial charge in [0.2, 0.25) is 0 Å². The van der Waals surface area contributed by atoms with Crippen molar-refractivity contribution in [2.24, 2.45) is 5.92 Å². The lowest BCUT2D eigenvalue weighted by atomic mass is 9.84. The Morgan fingerprint density at radius 2 is 2.28 bits per heavy atom. The van der Waals surface area contributed by atoms with Crippen molar-refractivity contribution >= 4 is 5.97 Å². The highest BCUT2D eigenvalue weighted by Gasteiger charge is 2.61. The summed E-state index contributed by atoms with van der Waals surface area (Å²) < 4.78 is 11.3. The number of allylic oxidation sites excluding steroid dienone is 2. The van der Waals surface area contributed by atoms with Gasteiger partial charge in [0.15, 0.2) is 0 Å². The van der Waals surface area contributed by atoms with Crippen molar-refractivity contribution in [3.63, 3.8) is 0 Å². The molecular formula is C15H20O3. The molecule has 1 aliphatic carbocycles. The van der Waals surface area contributed by atoms with Crippen molar-refractivity contribution in [3.8, 4) is 0 Å². The van der Waals surface area contributed by atoms with Crippen LogP contribution >= 0.6 is 0 Å². The van der Waals surface area contributed by atoms with Crippen LogP contribution in [0.15, 0.2) is 23.8 Å². The first-order chi connectivity index (χ1) is 8.51. The Balaban J connectivity index is 1.87. The third kappa shape index (κ3) is 1.81. The fourth-order valence-corrected chi connectivity index (χ4v) is 3.20. The van der Waals surface area contributed by atoms with E-state index in [1.165, 1.54) is 5.57 Å². The maximum atomic E-state index is 11.7. The number of esters is 1. The molecule has 0 spiro atoms. The van der Waals surface area contributed by atoms with Gasteiger partial charge in [0.05, 0.1) is 5.60 Å². The molecule has 0 saturated carbocycles. The van der Waals surface area contributed by atoms with E-state index < -0.39 is 0 Å². The van der Waals surface area contributed by atoms with Crippen LogP contribution < -0.4 is 0 Å². The molecule has 2 saturated heterocycles. The molecule has 2 fully saturated rings. The molecular weight excluding hydrogens is 228 g/mol. The van der Waals surface area contributed by atoms with Crippen LogP contribution in [0.2, 0.25) is 0 Å². The summed E-state index contributed by atoms with van der Waals surface area (Å²) in [5.74, 6) is -0.102. The maximum Gasteiger partial charge on any atom is 0.334 e. The molecule has 0 radical (unpaired) electrons. The van der Waals surface area contributed by atoms with E-state index in [1.807, 2.05) is 0 Å². The van der Waals surface area contributed by atoms with E-state index in [9.17, 15) is 4.79 Å². The summed E-state index contributed by atoms with van der Waals surface area (Å²) in [6, 6.07) is 0. The van der Waals surface area contributed by atoms with Gasteiger partial charge in [-0.3, -0.25) is 0 Å². The average Bonchev–Trinajstić information content (AvgIpc) is 2.90. The van der Waals surface area contributed by atoms with E-state index in [1.54, 1.807) is 0 Å². The summed E-state index contributed by atoms with van der Waals surface area (Å²) >= 11 is 0. The minimum Gasteiger partial charge on any atom is -0.455 e. The van der Waals surface area contributed by atoms with Crippen molar-refractivity contribution in [3.05, 3.63) is 23.8 Å². The Morgan fingerprint density at radius 1 is 1.50 bits per heavy atom. The van der Waals surface area contributed by atoms with Gasteiger partial charge in [-0.1, -0.05) is 18.2 Å². The lowest BCUT2D eigenvalue weighted by Crippen LogP contribution is -2.28. The molecule has 0 N–H and O–H groups in total. The summed E-state index contributed by atoms with van der Waals surface area (Å²) in [7, 11) is 0. The zero-order valence-electron chi connectivity index (χ0n) is 11.1. The smallest absolute Gasteiger partial charge is 0.334 e. The Bertz CT molecular complexity index is 437. The lowest BCUT2D eigenvalue weighted by Gasteiger charge is -2.19. The summed E-state index contributed by atoms with van der Waals surface area (Å²) in [6.07, 6.45) is 6.25. The third-order valence-corrected chi connectivity index (χ3v) is 4.57. The van der Waals surface area contributed by atoms with Crippen LogP contribution in [0.4, 0.5) is 0 Å². The molecule has 3 aliphatic rings. The molecule has 0 aromatic heterocycles. The van der Waals surface area contributed by atoms with Crippen LogP contribution in [0.1, 0.15) is 39.5 Å². The van der Waals surface area contributed by atoms with E-state index in [4.69, 9.17) is 9.47 Å². The summed E-state index contributed by atoms with van der Waals surface area (Å²) in [5, 5.41) is 0. The first-order valence-electron chi connectivity index (χ1n) is 6.74. The van der Waals surface area contributed by atoms with Crippen LogP contribution in [0.3, 0.4) is 0 Å². The zero-order chi connectivity index (χ0) is 12.9. The van der Waals surface area contributed by atoms with Gasteiger partial charge in [-0.25, -0.2) is 4.79 Å². The molecule has 2 heterocycles. The number of carbonyl (C=O) groups excluding carboxylic acids is 1. The van der Waals surface area contributed by atoms with Crippen molar-refractivity contribution in [1.82, 2.24) is 0 Å². The molecule has 3 rings (SSSR count). The predicted molar refractivity (Wildman–Crippen MR) is 68.0 cm³/mol. The largest absolute Gasteiger partial charge is 0.455 e. The Kier molecular flexibility index (Phi) is 2.63. The third-order valence-electron chi connectivity index (χ3n) is 4.57. The van der Waals surface area contributed by atoms with Crippen molar-refractivity contribution in [1.29, 1.82) is 0 Å². The fraction of sp³-hybridized carbons (Fsp3) is 0.667. The molecule has 2 unspecified atom stereocenters. The quantitative estimate of drug-likeness (QED) is 0.286. The molecule has 4 atom stereocenters. The van der Waals surface area contributed by atoms with E-state index in [2.05, 4.69) is 26.5 Å². The van der Waals surface area contributed by atoms with Crippen LogP contribution in [0.25, 0.3) is 0 Å².